The van der Waals surface area contributed by atoms with Gasteiger partial charge in [-0.15, -0.1) is 0 Å². The third-order valence-electron chi connectivity index (χ3n) is 6.70. The monoisotopic (exact) mass is 465 g/mol. The molecule has 0 aromatic heterocycles. The molecule has 3 atom stereocenters. The Hall–Kier alpha value is -2.44. The normalized spacial score (nSPS) is 22.8. The summed E-state index contributed by atoms with van der Waals surface area (Å²) in [5.41, 5.74) is -0.659. The zero-order valence-electron chi connectivity index (χ0n) is 20.5. The summed E-state index contributed by atoms with van der Waals surface area (Å²) in [5, 5.41) is 2.20. The van der Waals surface area contributed by atoms with Gasteiger partial charge < -0.3 is 9.16 Å². The minimum Gasteiger partial charge on any atom is -0.443 e. The van der Waals surface area contributed by atoms with Gasteiger partial charge in [0.25, 0.3) is 8.32 Å². The van der Waals surface area contributed by atoms with Gasteiger partial charge in [-0.2, -0.15) is 0 Å². The van der Waals surface area contributed by atoms with Gasteiger partial charge in [-0.1, -0.05) is 81.4 Å². The molecule has 2 aromatic carbocycles. The fraction of sp³-hybridized carbons (Fsp3) is 0.481. The van der Waals surface area contributed by atoms with E-state index in [1.165, 1.54) is 15.3 Å². The first kappa shape index (κ1) is 23.7. The molecule has 0 unspecified atom stereocenters. The molecule has 1 saturated carbocycles. The number of hydrogen-bond acceptors (Lipinski definition) is 4. The van der Waals surface area contributed by atoms with Crippen molar-refractivity contribution in [3.63, 3.8) is 0 Å². The molecule has 0 spiro atoms. The standard InChI is InChI=1S/C27H35NO4Si/c1-26(2,3)32-25(30)28-23(21-17-22(21)24(28)29)18-31-33(27(4,5)6,19-13-9-7-10-14-19)20-15-11-8-12-16-20/h7-16,21-23H,17-18H2,1-6H3/t21-,22+,23-/m1/s1. The molecule has 0 N–H and O–H groups in total. The molecular formula is C27H35NO4Si. The average Bonchev–Trinajstić information content (AvgIpc) is 3.48. The molecule has 176 valence electrons. The number of amides is 2. The summed E-state index contributed by atoms with van der Waals surface area (Å²) in [6, 6.07) is 20.6. The molecule has 1 heterocycles. The first-order valence-corrected chi connectivity index (χ1v) is 13.7. The first-order valence-electron chi connectivity index (χ1n) is 11.8. The van der Waals surface area contributed by atoms with Crippen molar-refractivity contribution in [3.05, 3.63) is 60.7 Å². The second kappa shape index (κ2) is 8.40. The Kier molecular flexibility index (Phi) is 6.04. The third-order valence-corrected chi connectivity index (χ3v) is 11.7. The highest BCUT2D eigenvalue weighted by molar-refractivity contribution is 6.99. The number of nitrogens with zero attached hydrogens (tertiary/aromatic N) is 1. The number of piperidine rings is 1. The van der Waals surface area contributed by atoms with E-state index in [-0.39, 0.29) is 28.8 Å². The van der Waals surface area contributed by atoms with Crippen LogP contribution < -0.4 is 10.4 Å². The molecule has 33 heavy (non-hydrogen) atoms. The van der Waals surface area contributed by atoms with Crippen molar-refractivity contribution in [3.8, 4) is 0 Å². The van der Waals surface area contributed by atoms with Gasteiger partial charge in [0.1, 0.15) is 5.60 Å². The van der Waals surface area contributed by atoms with Crippen LogP contribution in [0.15, 0.2) is 60.7 Å². The molecule has 2 aromatic rings. The van der Waals surface area contributed by atoms with Crippen LogP contribution in [0.25, 0.3) is 0 Å². The van der Waals surface area contributed by atoms with E-state index in [0.717, 1.165) is 6.42 Å². The van der Waals surface area contributed by atoms with Crippen molar-refractivity contribution in [2.45, 2.75) is 64.6 Å². The van der Waals surface area contributed by atoms with Crippen molar-refractivity contribution in [2.75, 3.05) is 6.61 Å². The highest BCUT2D eigenvalue weighted by Crippen LogP contribution is 2.51. The SMILES string of the molecule is CC(C)(C)OC(=O)N1C(=O)[C@H]2C[C@H]2[C@H]1CO[Si](c1ccccc1)(c1ccccc1)C(C)(C)C. The summed E-state index contributed by atoms with van der Waals surface area (Å²) >= 11 is 0. The van der Waals surface area contributed by atoms with E-state index in [9.17, 15) is 9.59 Å². The Bertz CT molecular complexity index is 970. The average molecular weight is 466 g/mol. The number of fused-ring (bicyclic) bond motifs is 1. The summed E-state index contributed by atoms with van der Waals surface area (Å²) in [4.78, 5) is 27.2. The Labute approximate surface area is 198 Å². The van der Waals surface area contributed by atoms with E-state index in [0.29, 0.717) is 6.61 Å². The fourth-order valence-electron chi connectivity index (χ4n) is 5.16. The Morgan fingerprint density at radius 1 is 0.939 bits per heavy atom. The predicted octanol–water partition coefficient (Wildman–Crippen LogP) is 4.35. The molecule has 6 heteroatoms. The minimum atomic E-state index is -2.75. The van der Waals surface area contributed by atoms with Gasteiger partial charge in [-0.05, 0) is 48.5 Å². The summed E-state index contributed by atoms with van der Waals surface area (Å²) in [7, 11) is -2.75. The number of carbonyl (C=O) groups excluding carboxylic acids is 2. The maximum absolute atomic E-state index is 12.9. The molecule has 2 amide bonds. The number of hydrogen-bond donors (Lipinski definition) is 0. The van der Waals surface area contributed by atoms with Crippen LogP contribution in [0.4, 0.5) is 4.79 Å². The molecule has 0 radical (unpaired) electrons. The van der Waals surface area contributed by atoms with Gasteiger partial charge in [0.2, 0.25) is 5.91 Å². The van der Waals surface area contributed by atoms with E-state index in [4.69, 9.17) is 9.16 Å². The number of carbonyl (C=O) groups is 2. The minimum absolute atomic E-state index is 0.0785. The second-order valence-electron chi connectivity index (χ2n) is 11.2. The molecule has 1 saturated heterocycles. The smallest absolute Gasteiger partial charge is 0.417 e. The van der Waals surface area contributed by atoms with E-state index in [2.05, 4.69) is 69.3 Å². The van der Waals surface area contributed by atoms with Crippen molar-refractivity contribution >= 4 is 30.7 Å². The topological polar surface area (TPSA) is 55.8 Å². The lowest BCUT2D eigenvalue weighted by molar-refractivity contribution is -0.131. The number of likely N-dealkylation sites (tertiary alicyclic amines) is 1. The summed E-state index contributed by atoms with van der Waals surface area (Å²) in [6.07, 6.45) is 0.267. The fourth-order valence-corrected chi connectivity index (χ4v) is 9.74. The molecule has 4 rings (SSSR count). The summed E-state index contributed by atoms with van der Waals surface area (Å²) in [5.74, 6) is -0.0428. The number of benzene rings is 2. The zero-order valence-corrected chi connectivity index (χ0v) is 21.5. The number of imide groups is 1. The summed E-state index contributed by atoms with van der Waals surface area (Å²) in [6.45, 7) is 12.5. The van der Waals surface area contributed by atoms with Crippen molar-refractivity contribution < 1.29 is 18.8 Å². The van der Waals surface area contributed by atoms with Gasteiger partial charge >= 0.3 is 6.09 Å². The van der Waals surface area contributed by atoms with E-state index < -0.39 is 20.0 Å². The molecule has 2 fully saturated rings. The van der Waals surface area contributed by atoms with E-state index >= 15 is 0 Å². The lowest BCUT2D eigenvalue weighted by atomic mass is 10.2. The lowest BCUT2D eigenvalue weighted by Crippen LogP contribution is -2.67. The largest absolute Gasteiger partial charge is 0.443 e. The van der Waals surface area contributed by atoms with E-state index in [1.54, 1.807) is 0 Å². The highest BCUT2D eigenvalue weighted by Gasteiger charge is 2.62. The predicted molar refractivity (Wildman–Crippen MR) is 132 cm³/mol. The van der Waals surface area contributed by atoms with Crippen LogP contribution >= 0.6 is 0 Å². The third kappa shape index (κ3) is 4.38. The van der Waals surface area contributed by atoms with Crippen LogP contribution in [-0.2, 0) is 14.0 Å². The molecule has 0 bridgehead atoms. The van der Waals surface area contributed by atoms with Gasteiger partial charge in [-0.25, -0.2) is 9.69 Å². The van der Waals surface area contributed by atoms with Gasteiger partial charge in [-0.3, -0.25) is 4.79 Å². The van der Waals surface area contributed by atoms with Crippen molar-refractivity contribution in [1.82, 2.24) is 4.90 Å². The van der Waals surface area contributed by atoms with Gasteiger partial charge in [0.05, 0.1) is 12.6 Å². The molecule has 2 aliphatic rings. The Balaban J connectivity index is 1.70. The van der Waals surface area contributed by atoms with Crippen LogP contribution in [0.3, 0.4) is 0 Å². The van der Waals surface area contributed by atoms with Crippen LogP contribution in [0, 0.1) is 11.8 Å². The second-order valence-corrected chi connectivity index (χ2v) is 15.5. The lowest BCUT2D eigenvalue weighted by Gasteiger charge is -2.44. The van der Waals surface area contributed by atoms with E-state index in [1.807, 2.05) is 32.9 Å². The number of ether oxygens (including phenoxy) is 1. The van der Waals surface area contributed by atoms with Crippen LogP contribution in [-0.4, -0.2) is 43.5 Å². The van der Waals surface area contributed by atoms with Crippen LogP contribution in [0.2, 0.25) is 5.04 Å². The van der Waals surface area contributed by atoms with Crippen LogP contribution in [0.5, 0.6) is 0 Å². The maximum Gasteiger partial charge on any atom is 0.417 e. The Morgan fingerprint density at radius 2 is 1.45 bits per heavy atom. The first-order chi connectivity index (χ1) is 15.5. The van der Waals surface area contributed by atoms with Crippen molar-refractivity contribution in [1.29, 1.82) is 0 Å². The summed E-state index contributed by atoms with van der Waals surface area (Å²) < 4.78 is 12.6. The maximum atomic E-state index is 12.9. The highest BCUT2D eigenvalue weighted by atomic mass is 28.4. The molecule has 1 aliphatic carbocycles. The molecule has 1 aliphatic heterocycles. The Morgan fingerprint density at radius 3 is 1.91 bits per heavy atom. The van der Waals surface area contributed by atoms with Crippen molar-refractivity contribution in [2.24, 2.45) is 11.8 Å². The van der Waals surface area contributed by atoms with Crippen LogP contribution in [0.1, 0.15) is 48.0 Å². The zero-order chi connectivity index (χ0) is 24.0. The van der Waals surface area contributed by atoms with Gasteiger partial charge in [0, 0.05) is 5.92 Å². The van der Waals surface area contributed by atoms with Gasteiger partial charge in [0.15, 0.2) is 0 Å². The molecular weight excluding hydrogens is 430 g/mol. The molecule has 5 nitrogen and oxygen atoms in total. The quantitative estimate of drug-likeness (QED) is 0.616. The number of rotatable bonds is 5.